The Balaban J connectivity index is 2.17. The summed E-state index contributed by atoms with van der Waals surface area (Å²) >= 11 is 6.06. The van der Waals surface area contributed by atoms with Crippen molar-refractivity contribution in [2.75, 3.05) is 12.4 Å². The Hall–Kier alpha value is -2.27. The lowest BCUT2D eigenvalue weighted by atomic mass is 10.1. The highest BCUT2D eigenvalue weighted by atomic mass is 35.5. The molecule has 0 fully saturated rings. The van der Waals surface area contributed by atoms with E-state index in [2.05, 4.69) is 10.6 Å². The van der Waals surface area contributed by atoms with Gasteiger partial charge in [0.2, 0.25) is 0 Å². The quantitative estimate of drug-likeness (QED) is 0.813. The number of carbonyl (C=O) groups excluding carboxylic acids is 1. The van der Waals surface area contributed by atoms with Gasteiger partial charge in [-0.2, -0.15) is 0 Å². The van der Waals surface area contributed by atoms with E-state index in [1.165, 1.54) is 12.1 Å². The SMILES string of the molecule is CNC(=O)c1ccc(Cl)c(NCc2cc(O)cc(F)c2)c1. The number of nitrogens with one attached hydrogen (secondary N) is 2. The van der Waals surface area contributed by atoms with Crippen molar-refractivity contribution < 1.29 is 14.3 Å². The van der Waals surface area contributed by atoms with Gasteiger partial charge in [0, 0.05) is 25.2 Å². The molecule has 2 aromatic rings. The standard InChI is InChI=1S/C15H14ClFN2O2/c1-18-15(21)10-2-3-13(16)14(6-10)19-8-9-4-11(17)7-12(20)5-9/h2-7,19-20H,8H2,1H3,(H,18,21). The summed E-state index contributed by atoms with van der Waals surface area (Å²) in [5.41, 5.74) is 1.59. The van der Waals surface area contributed by atoms with Crippen molar-refractivity contribution >= 4 is 23.2 Å². The van der Waals surface area contributed by atoms with Gasteiger partial charge >= 0.3 is 0 Å². The number of carbonyl (C=O) groups is 1. The average molecular weight is 309 g/mol. The van der Waals surface area contributed by atoms with Crippen LogP contribution in [0.15, 0.2) is 36.4 Å². The maximum absolute atomic E-state index is 13.2. The third kappa shape index (κ3) is 3.86. The van der Waals surface area contributed by atoms with Crippen molar-refractivity contribution in [3.05, 3.63) is 58.4 Å². The molecule has 1 amide bonds. The molecule has 0 aromatic heterocycles. The zero-order chi connectivity index (χ0) is 15.4. The van der Waals surface area contributed by atoms with Crippen LogP contribution in [0.4, 0.5) is 10.1 Å². The highest BCUT2D eigenvalue weighted by molar-refractivity contribution is 6.33. The molecule has 0 aliphatic rings. The Labute approximate surface area is 126 Å². The summed E-state index contributed by atoms with van der Waals surface area (Å²) in [4.78, 5) is 11.6. The van der Waals surface area contributed by atoms with E-state index in [0.717, 1.165) is 6.07 Å². The Kier molecular flexibility index (Phi) is 4.65. The molecule has 0 saturated carbocycles. The minimum absolute atomic E-state index is 0.142. The zero-order valence-electron chi connectivity index (χ0n) is 11.3. The molecule has 21 heavy (non-hydrogen) atoms. The van der Waals surface area contributed by atoms with Crippen LogP contribution in [0, 0.1) is 5.82 Å². The van der Waals surface area contributed by atoms with E-state index in [0.29, 0.717) is 21.8 Å². The smallest absolute Gasteiger partial charge is 0.251 e. The van der Waals surface area contributed by atoms with E-state index in [4.69, 9.17) is 11.6 Å². The van der Waals surface area contributed by atoms with Crippen molar-refractivity contribution in [1.82, 2.24) is 5.32 Å². The Morgan fingerprint density at radius 3 is 2.71 bits per heavy atom. The molecule has 110 valence electrons. The molecule has 6 heteroatoms. The molecule has 2 rings (SSSR count). The van der Waals surface area contributed by atoms with Crippen molar-refractivity contribution in [3.8, 4) is 5.75 Å². The molecule has 0 spiro atoms. The van der Waals surface area contributed by atoms with Crippen LogP contribution in [0.3, 0.4) is 0 Å². The van der Waals surface area contributed by atoms with Crippen LogP contribution in [0.25, 0.3) is 0 Å². The molecule has 2 aromatic carbocycles. The van der Waals surface area contributed by atoms with Crippen LogP contribution in [0.5, 0.6) is 5.75 Å². The normalized spacial score (nSPS) is 10.2. The first-order valence-corrected chi connectivity index (χ1v) is 6.61. The van der Waals surface area contributed by atoms with Crippen LogP contribution in [0.1, 0.15) is 15.9 Å². The third-order valence-corrected chi connectivity index (χ3v) is 3.21. The second-order valence-electron chi connectivity index (χ2n) is 4.44. The van der Waals surface area contributed by atoms with Crippen LogP contribution < -0.4 is 10.6 Å². The molecular weight excluding hydrogens is 295 g/mol. The summed E-state index contributed by atoms with van der Waals surface area (Å²) in [6.07, 6.45) is 0. The number of aromatic hydroxyl groups is 1. The fraction of sp³-hybridized carbons (Fsp3) is 0.133. The molecule has 4 nitrogen and oxygen atoms in total. The summed E-state index contributed by atoms with van der Waals surface area (Å²) in [6.45, 7) is 0.266. The van der Waals surface area contributed by atoms with Gasteiger partial charge in [0.1, 0.15) is 11.6 Å². The number of benzene rings is 2. The fourth-order valence-corrected chi connectivity index (χ4v) is 2.06. The van der Waals surface area contributed by atoms with Gasteiger partial charge in [0.15, 0.2) is 0 Å². The Morgan fingerprint density at radius 1 is 1.29 bits per heavy atom. The summed E-state index contributed by atoms with van der Waals surface area (Å²) < 4.78 is 13.2. The monoisotopic (exact) mass is 308 g/mol. The second kappa shape index (κ2) is 6.45. The number of anilines is 1. The lowest BCUT2D eigenvalue weighted by Gasteiger charge is -2.10. The molecule has 3 N–H and O–H groups in total. The summed E-state index contributed by atoms with van der Waals surface area (Å²) in [7, 11) is 1.54. The van der Waals surface area contributed by atoms with Gasteiger partial charge in [0.25, 0.3) is 5.91 Å². The first-order valence-electron chi connectivity index (χ1n) is 6.23. The number of phenolic OH excluding ortho intramolecular Hbond substituents is 1. The number of phenols is 1. The minimum Gasteiger partial charge on any atom is -0.508 e. The molecule has 0 aliphatic carbocycles. The summed E-state index contributed by atoms with van der Waals surface area (Å²) in [5, 5.41) is 15.3. The highest BCUT2D eigenvalue weighted by Gasteiger charge is 2.08. The van der Waals surface area contributed by atoms with Crippen LogP contribution in [-0.2, 0) is 6.54 Å². The third-order valence-electron chi connectivity index (χ3n) is 2.88. The molecule has 0 saturated heterocycles. The molecule has 0 bridgehead atoms. The first kappa shape index (κ1) is 15.1. The molecule has 0 unspecified atom stereocenters. The van der Waals surface area contributed by atoms with Crippen LogP contribution >= 0.6 is 11.6 Å². The van der Waals surface area contributed by atoms with Gasteiger partial charge in [-0.15, -0.1) is 0 Å². The van der Waals surface area contributed by atoms with E-state index in [-0.39, 0.29) is 18.2 Å². The number of rotatable bonds is 4. The maximum Gasteiger partial charge on any atom is 0.251 e. The largest absolute Gasteiger partial charge is 0.508 e. The number of hydrogen-bond donors (Lipinski definition) is 3. The van der Waals surface area contributed by atoms with Gasteiger partial charge in [0.05, 0.1) is 10.7 Å². The molecule has 0 heterocycles. The van der Waals surface area contributed by atoms with E-state index >= 15 is 0 Å². The lowest BCUT2D eigenvalue weighted by Crippen LogP contribution is -2.17. The molecular formula is C15H14ClFN2O2. The van der Waals surface area contributed by atoms with Crippen molar-refractivity contribution in [2.45, 2.75) is 6.54 Å². The van der Waals surface area contributed by atoms with Crippen LogP contribution in [-0.4, -0.2) is 18.1 Å². The van der Waals surface area contributed by atoms with E-state index in [1.54, 1.807) is 25.2 Å². The van der Waals surface area contributed by atoms with Gasteiger partial charge in [-0.25, -0.2) is 4.39 Å². The van der Waals surface area contributed by atoms with Gasteiger partial charge in [-0.05, 0) is 35.9 Å². The van der Waals surface area contributed by atoms with E-state index in [1.807, 2.05) is 0 Å². The zero-order valence-corrected chi connectivity index (χ0v) is 12.0. The number of hydrogen-bond acceptors (Lipinski definition) is 3. The topological polar surface area (TPSA) is 61.4 Å². The van der Waals surface area contributed by atoms with Gasteiger partial charge in [-0.1, -0.05) is 11.6 Å². The lowest BCUT2D eigenvalue weighted by molar-refractivity contribution is 0.0963. The Morgan fingerprint density at radius 2 is 2.05 bits per heavy atom. The van der Waals surface area contributed by atoms with Gasteiger partial charge < -0.3 is 15.7 Å². The van der Waals surface area contributed by atoms with Crippen LogP contribution in [0.2, 0.25) is 5.02 Å². The van der Waals surface area contributed by atoms with E-state index < -0.39 is 5.82 Å². The van der Waals surface area contributed by atoms with Crippen molar-refractivity contribution in [3.63, 3.8) is 0 Å². The fourth-order valence-electron chi connectivity index (χ4n) is 1.88. The predicted molar refractivity (Wildman–Crippen MR) is 80.2 cm³/mol. The van der Waals surface area contributed by atoms with E-state index in [9.17, 15) is 14.3 Å². The minimum atomic E-state index is -0.517. The Bertz CT molecular complexity index is 656. The average Bonchev–Trinajstić information content (AvgIpc) is 2.44. The van der Waals surface area contributed by atoms with Gasteiger partial charge in [-0.3, -0.25) is 4.79 Å². The predicted octanol–water partition coefficient (Wildman–Crippen LogP) is 3.16. The molecule has 0 radical (unpaired) electrons. The first-order chi connectivity index (χ1) is 9.99. The molecule has 0 atom stereocenters. The van der Waals surface area contributed by atoms with Crippen molar-refractivity contribution in [2.24, 2.45) is 0 Å². The van der Waals surface area contributed by atoms with Crippen molar-refractivity contribution in [1.29, 1.82) is 0 Å². The second-order valence-corrected chi connectivity index (χ2v) is 4.85. The summed E-state index contributed by atoms with van der Waals surface area (Å²) in [6, 6.07) is 8.62. The molecule has 0 aliphatic heterocycles. The maximum atomic E-state index is 13.2. The summed E-state index contributed by atoms with van der Waals surface area (Å²) in [5.74, 6) is -0.882. The number of halogens is 2. The highest BCUT2D eigenvalue weighted by Crippen LogP contribution is 2.24. The number of amides is 1.